The molecule has 10 heteroatoms. The molecule has 0 saturated heterocycles. The third kappa shape index (κ3) is 8.56. The predicted octanol–water partition coefficient (Wildman–Crippen LogP) is 8.88. The van der Waals surface area contributed by atoms with Crippen molar-refractivity contribution >= 4 is 34.7 Å². The van der Waals surface area contributed by atoms with Gasteiger partial charge in [-0.1, -0.05) is 78.9 Å². The lowest BCUT2D eigenvalue weighted by Crippen LogP contribution is -2.22. The molecule has 0 radical (unpaired) electrons. The van der Waals surface area contributed by atoms with Crippen molar-refractivity contribution in [3.8, 4) is 0 Å². The molecule has 0 bridgehead atoms. The summed E-state index contributed by atoms with van der Waals surface area (Å²) >= 11 is 0. The Morgan fingerprint density at radius 1 is 0.638 bits per heavy atom. The fourth-order valence-corrected chi connectivity index (χ4v) is 5.19. The number of nitrogens with one attached hydrogen (secondary N) is 2. The minimum Gasteiger partial charge on any atom is -0.478 e. The molecule has 47 heavy (non-hydrogen) atoms. The van der Waals surface area contributed by atoms with Crippen LogP contribution < -0.4 is 10.6 Å². The van der Waals surface area contributed by atoms with E-state index in [9.17, 15) is 27.9 Å². The average Bonchev–Trinajstić information content (AvgIpc) is 3.06. The number of carboxylic acids is 1. The molecule has 0 amide bonds. The molecule has 0 aromatic heterocycles. The van der Waals surface area contributed by atoms with Crippen LogP contribution in [0, 0.1) is 0 Å². The van der Waals surface area contributed by atoms with Crippen LogP contribution >= 0.6 is 0 Å². The smallest absolute Gasteiger partial charge is 0.416 e. The van der Waals surface area contributed by atoms with Crippen LogP contribution in [0.15, 0.2) is 121 Å². The number of ether oxygens (including phenoxy) is 1. The number of benzene rings is 5. The van der Waals surface area contributed by atoms with Gasteiger partial charge in [-0.15, -0.1) is 0 Å². The van der Waals surface area contributed by atoms with Gasteiger partial charge in [-0.05, 0) is 59.2 Å². The second-order valence-electron chi connectivity index (χ2n) is 10.8. The van der Waals surface area contributed by atoms with Crippen LogP contribution in [-0.4, -0.2) is 29.1 Å². The first kappa shape index (κ1) is 32.8. The van der Waals surface area contributed by atoms with Crippen molar-refractivity contribution in [3.05, 3.63) is 155 Å². The summed E-state index contributed by atoms with van der Waals surface area (Å²) in [5, 5.41) is 15.5. The van der Waals surface area contributed by atoms with Crippen LogP contribution in [0.5, 0.6) is 0 Å². The molecular formula is C37H32F3N3O4. The van der Waals surface area contributed by atoms with Gasteiger partial charge in [-0.3, -0.25) is 4.90 Å². The second-order valence-corrected chi connectivity index (χ2v) is 10.8. The predicted molar refractivity (Wildman–Crippen MR) is 175 cm³/mol. The van der Waals surface area contributed by atoms with Gasteiger partial charge >= 0.3 is 18.1 Å². The van der Waals surface area contributed by atoms with Gasteiger partial charge in [0.05, 0.1) is 46.5 Å². The number of halogens is 3. The molecule has 0 heterocycles. The Morgan fingerprint density at radius 2 is 1.17 bits per heavy atom. The molecule has 0 fully saturated rings. The Balaban J connectivity index is 1.49. The molecule has 3 N–H and O–H groups in total. The number of carbonyl (C=O) groups excluding carboxylic acids is 1. The van der Waals surface area contributed by atoms with Crippen molar-refractivity contribution in [1.29, 1.82) is 0 Å². The van der Waals surface area contributed by atoms with E-state index in [-0.39, 0.29) is 33.9 Å². The number of esters is 1. The highest BCUT2D eigenvalue weighted by Gasteiger charge is 2.31. The van der Waals surface area contributed by atoms with Crippen molar-refractivity contribution < 1.29 is 32.6 Å². The fourth-order valence-electron chi connectivity index (χ4n) is 5.19. The minimum absolute atomic E-state index is 0.0206. The summed E-state index contributed by atoms with van der Waals surface area (Å²) < 4.78 is 46.4. The summed E-state index contributed by atoms with van der Waals surface area (Å²) in [7, 11) is 1.23. The summed E-state index contributed by atoms with van der Waals surface area (Å²) in [6.07, 6.45) is -4.65. The lowest BCUT2D eigenvalue weighted by atomic mass is 10.1. The van der Waals surface area contributed by atoms with E-state index in [2.05, 4.69) is 15.5 Å². The van der Waals surface area contributed by atoms with Crippen LogP contribution in [0.2, 0.25) is 0 Å². The van der Waals surface area contributed by atoms with Crippen LogP contribution in [0.3, 0.4) is 0 Å². The van der Waals surface area contributed by atoms with E-state index < -0.39 is 23.7 Å². The molecular weight excluding hydrogens is 607 g/mol. The standard InChI is InChI=1S/C37H32F3N3O4/c1-47-36(46)30-20-27(24-43(22-25-10-4-2-5-11-25)23-26-12-6-3-7-13-26)16-18-32(30)42-34-21-28(37(38,39)40)17-19-33(34)41-31-15-9-8-14-29(31)35(44)45/h2-21,41-42H,22-24H2,1H3,(H,44,45). The maximum atomic E-state index is 13.8. The Kier molecular flexibility index (Phi) is 10.2. The number of anilines is 4. The molecule has 0 atom stereocenters. The Hall–Kier alpha value is -5.61. The number of hydrogen-bond donors (Lipinski definition) is 3. The summed E-state index contributed by atoms with van der Waals surface area (Å²) in [5.41, 5.74) is 2.71. The van der Waals surface area contributed by atoms with Crippen LogP contribution in [-0.2, 0) is 30.5 Å². The molecule has 0 aliphatic rings. The molecule has 5 rings (SSSR count). The number of para-hydroxylation sites is 1. The molecule has 240 valence electrons. The van der Waals surface area contributed by atoms with Gasteiger partial charge in [0.1, 0.15) is 0 Å². The van der Waals surface area contributed by atoms with Crippen LogP contribution in [0.25, 0.3) is 0 Å². The van der Waals surface area contributed by atoms with E-state index in [4.69, 9.17) is 4.74 Å². The highest BCUT2D eigenvalue weighted by Crippen LogP contribution is 2.37. The second kappa shape index (κ2) is 14.7. The number of rotatable bonds is 12. The molecule has 5 aromatic carbocycles. The van der Waals surface area contributed by atoms with Crippen LogP contribution in [0.4, 0.5) is 35.9 Å². The molecule has 0 saturated carbocycles. The van der Waals surface area contributed by atoms with Gasteiger partial charge in [0.15, 0.2) is 0 Å². The summed E-state index contributed by atoms with van der Waals surface area (Å²) in [6.45, 7) is 1.75. The number of aromatic carboxylic acids is 1. The molecule has 0 unspecified atom stereocenters. The van der Waals surface area contributed by atoms with Gasteiger partial charge in [0.25, 0.3) is 0 Å². The van der Waals surface area contributed by atoms with Gasteiger partial charge in [0.2, 0.25) is 0 Å². The van der Waals surface area contributed by atoms with Gasteiger partial charge in [-0.2, -0.15) is 13.2 Å². The Morgan fingerprint density at radius 3 is 1.77 bits per heavy atom. The van der Waals surface area contributed by atoms with E-state index >= 15 is 0 Å². The average molecular weight is 640 g/mol. The van der Waals surface area contributed by atoms with Crippen molar-refractivity contribution in [2.45, 2.75) is 25.8 Å². The van der Waals surface area contributed by atoms with E-state index in [1.54, 1.807) is 30.3 Å². The van der Waals surface area contributed by atoms with Crippen molar-refractivity contribution in [3.63, 3.8) is 0 Å². The quantitative estimate of drug-likeness (QED) is 0.118. The number of alkyl halides is 3. The zero-order chi connectivity index (χ0) is 33.4. The van der Waals surface area contributed by atoms with E-state index in [0.29, 0.717) is 19.6 Å². The maximum absolute atomic E-state index is 13.8. The number of methoxy groups -OCH3 is 1. The summed E-state index contributed by atoms with van der Waals surface area (Å²) in [4.78, 5) is 27.0. The first-order valence-electron chi connectivity index (χ1n) is 14.7. The van der Waals surface area contributed by atoms with E-state index in [1.165, 1.54) is 25.3 Å². The third-order valence-electron chi connectivity index (χ3n) is 7.44. The number of nitrogens with zero attached hydrogens (tertiary/aromatic N) is 1. The summed E-state index contributed by atoms with van der Waals surface area (Å²) in [5.74, 6) is -1.88. The van der Waals surface area contributed by atoms with Gasteiger partial charge in [0, 0.05) is 19.6 Å². The molecule has 0 aliphatic carbocycles. The molecule has 0 aliphatic heterocycles. The summed E-state index contributed by atoms with van der Waals surface area (Å²) in [6, 6.07) is 34.1. The van der Waals surface area contributed by atoms with Gasteiger partial charge in [-0.25, -0.2) is 9.59 Å². The zero-order valence-corrected chi connectivity index (χ0v) is 25.4. The van der Waals surface area contributed by atoms with Crippen LogP contribution in [0.1, 0.15) is 43.0 Å². The molecule has 7 nitrogen and oxygen atoms in total. The monoisotopic (exact) mass is 639 g/mol. The Labute approximate surface area is 270 Å². The van der Waals surface area contributed by atoms with Gasteiger partial charge < -0.3 is 20.5 Å². The Bertz CT molecular complexity index is 1810. The topological polar surface area (TPSA) is 90.9 Å². The minimum atomic E-state index is -4.65. The molecule has 0 spiro atoms. The zero-order valence-electron chi connectivity index (χ0n) is 25.4. The molecule has 5 aromatic rings. The number of carbonyl (C=O) groups is 2. The normalized spacial score (nSPS) is 11.3. The lowest BCUT2D eigenvalue weighted by molar-refractivity contribution is -0.137. The van der Waals surface area contributed by atoms with Crippen molar-refractivity contribution in [1.82, 2.24) is 4.90 Å². The SMILES string of the molecule is COC(=O)c1cc(CN(Cc2ccccc2)Cc2ccccc2)ccc1Nc1cc(C(F)(F)F)ccc1Nc1ccccc1C(=O)O. The van der Waals surface area contributed by atoms with Crippen molar-refractivity contribution in [2.24, 2.45) is 0 Å². The van der Waals surface area contributed by atoms with E-state index in [0.717, 1.165) is 28.8 Å². The first-order valence-corrected chi connectivity index (χ1v) is 14.7. The van der Waals surface area contributed by atoms with Crippen molar-refractivity contribution in [2.75, 3.05) is 17.7 Å². The van der Waals surface area contributed by atoms with E-state index in [1.807, 2.05) is 60.7 Å². The maximum Gasteiger partial charge on any atom is 0.416 e. The number of hydrogen-bond acceptors (Lipinski definition) is 6. The highest BCUT2D eigenvalue weighted by molar-refractivity contribution is 5.98. The fraction of sp³-hybridized carbons (Fsp3) is 0.135. The largest absolute Gasteiger partial charge is 0.478 e. The third-order valence-corrected chi connectivity index (χ3v) is 7.44. The first-order chi connectivity index (χ1) is 22.6. The highest BCUT2D eigenvalue weighted by atomic mass is 19.4. The lowest BCUT2D eigenvalue weighted by Gasteiger charge is -2.24. The number of carboxylic acid groups (broad SMARTS) is 1.